The van der Waals surface area contributed by atoms with E-state index in [9.17, 15) is 14.4 Å². The molecule has 1 heterocycles. The van der Waals surface area contributed by atoms with Gasteiger partial charge in [0.2, 0.25) is 0 Å². The van der Waals surface area contributed by atoms with Crippen molar-refractivity contribution in [2.45, 2.75) is 0 Å². The van der Waals surface area contributed by atoms with Crippen LogP contribution < -0.4 is 0 Å². The summed E-state index contributed by atoms with van der Waals surface area (Å²) in [5.41, 5.74) is 0.275. The zero-order valence-corrected chi connectivity index (χ0v) is 9.26. The molecule has 6 nitrogen and oxygen atoms in total. The van der Waals surface area contributed by atoms with E-state index in [1.165, 1.54) is 12.2 Å². The molecule has 1 aliphatic rings. The molecule has 0 atom stereocenters. The zero-order chi connectivity index (χ0) is 13.0. The highest BCUT2D eigenvalue weighted by molar-refractivity contribution is 6.21. The highest BCUT2D eigenvalue weighted by atomic mass is 16.7. The van der Waals surface area contributed by atoms with Crippen molar-refractivity contribution < 1.29 is 23.9 Å². The molecule has 0 N–H and O–H groups in total. The van der Waals surface area contributed by atoms with Gasteiger partial charge < -0.3 is 9.47 Å². The van der Waals surface area contributed by atoms with Gasteiger partial charge in [-0.25, -0.2) is 9.69 Å². The van der Waals surface area contributed by atoms with E-state index in [1.807, 2.05) is 0 Å². The van der Waals surface area contributed by atoms with Crippen LogP contribution in [-0.2, 0) is 19.1 Å². The number of ether oxygens (including phenoxy) is 2. The molecule has 0 aromatic heterocycles. The predicted octanol–water partition coefficient (Wildman–Crippen LogP) is 0.764. The molecule has 0 saturated heterocycles. The average Bonchev–Trinajstić information content (AvgIpc) is 2.57. The Kier molecular flexibility index (Phi) is 3.82. The van der Waals surface area contributed by atoms with Gasteiger partial charge in [0.25, 0.3) is 11.8 Å². The lowest BCUT2D eigenvalue weighted by Crippen LogP contribution is -2.34. The standard InChI is InChI=1S/C11H11NO5/c1-4-7-8(5-2)10(14)12(9(7)13)6-17-11(15)16-3/h4-5H,1-2,6H2,3H3. The fraction of sp³-hybridized carbons (Fsp3) is 0.182. The van der Waals surface area contributed by atoms with Gasteiger partial charge in [0.1, 0.15) is 0 Å². The normalized spacial score (nSPS) is 15.0. The summed E-state index contributed by atoms with van der Waals surface area (Å²) in [6.45, 7) is 6.37. The number of carbonyl (C=O) groups excluding carboxylic acids is 3. The molecule has 0 fully saturated rings. The van der Waals surface area contributed by atoms with Crippen molar-refractivity contribution >= 4 is 18.0 Å². The Morgan fingerprint density at radius 2 is 1.71 bits per heavy atom. The van der Waals surface area contributed by atoms with Crippen molar-refractivity contribution in [3.63, 3.8) is 0 Å². The Morgan fingerprint density at radius 1 is 1.24 bits per heavy atom. The van der Waals surface area contributed by atoms with Crippen LogP contribution in [0.1, 0.15) is 0 Å². The highest BCUT2D eigenvalue weighted by Gasteiger charge is 2.35. The first-order valence-electron chi connectivity index (χ1n) is 4.62. The van der Waals surface area contributed by atoms with E-state index < -0.39 is 24.7 Å². The summed E-state index contributed by atoms with van der Waals surface area (Å²) in [5.74, 6) is -1.16. The van der Waals surface area contributed by atoms with E-state index in [0.29, 0.717) is 0 Å². The summed E-state index contributed by atoms with van der Waals surface area (Å²) in [7, 11) is 1.12. The molecule has 0 aliphatic carbocycles. The van der Waals surface area contributed by atoms with Crippen molar-refractivity contribution in [3.05, 3.63) is 36.5 Å². The van der Waals surface area contributed by atoms with E-state index in [1.54, 1.807) is 0 Å². The summed E-state index contributed by atoms with van der Waals surface area (Å²) in [4.78, 5) is 34.9. The summed E-state index contributed by atoms with van der Waals surface area (Å²) >= 11 is 0. The number of imide groups is 1. The van der Waals surface area contributed by atoms with Gasteiger partial charge in [0.15, 0.2) is 6.73 Å². The van der Waals surface area contributed by atoms with Crippen molar-refractivity contribution in [1.82, 2.24) is 4.90 Å². The predicted molar refractivity (Wildman–Crippen MR) is 57.6 cm³/mol. The van der Waals surface area contributed by atoms with Crippen LogP contribution in [-0.4, -0.2) is 36.7 Å². The minimum atomic E-state index is -0.974. The first kappa shape index (κ1) is 12.7. The molecule has 2 amide bonds. The topological polar surface area (TPSA) is 72.9 Å². The van der Waals surface area contributed by atoms with Gasteiger partial charge in [-0.2, -0.15) is 0 Å². The Labute approximate surface area is 97.8 Å². The van der Waals surface area contributed by atoms with Gasteiger partial charge in [0, 0.05) is 0 Å². The Morgan fingerprint density at radius 3 is 2.06 bits per heavy atom. The SMILES string of the molecule is C=CC1=C(C=C)C(=O)N(COC(=O)OC)C1=O. The molecular weight excluding hydrogens is 226 g/mol. The molecule has 0 aromatic rings. The van der Waals surface area contributed by atoms with Gasteiger partial charge in [-0.05, 0) is 0 Å². The van der Waals surface area contributed by atoms with Gasteiger partial charge in [-0.15, -0.1) is 0 Å². The molecule has 0 bridgehead atoms. The quantitative estimate of drug-likeness (QED) is 0.533. The third-order valence-corrected chi connectivity index (χ3v) is 2.13. The van der Waals surface area contributed by atoms with Crippen LogP contribution in [0.4, 0.5) is 4.79 Å². The van der Waals surface area contributed by atoms with E-state index in [-0.39, 0.29) is 11.1 Å². The number of rotatable bonds is 4. The number of nitrogens with zero attached hydrogens (tertiary/aromatic N) is 1. The van der Waals surface area contributed by atoms with Crippen molar-refractivity contribution in [2.24, 2.45) is 0 Å². The van der Waals surface area contributed by atoms with E-state index >= 15 is 0 Å². The molecule has 0 spiro atoms. The number of methoxy groups -OCH3 is 1. The summed E-state index contributed by atoms with van der Waals surface area (Å²) in [6, 6.07) is 0. The minimum absolute atomic E-state index is 0.137. The minimum Gasteiger partial charge on any atom is -0.438 e. The van der Waals surface area contributed by atoms with Crippen LogP contribution in [0.3, 0.4) is 0 Å². The van der Waals surface area contributed by atoms with Crippen LogP contribution in [0.5, 0.6) is 0 Å². The monoisotopic (exact) mass is 237 g/mol. The van der Waals surface area contributed by atoms with Gasteiger partial charge in [-0.1, -0.05) is 25.3 Å². The Bertz CT molecular complexity index is 405. The molecule has 0 saturated carbocycles. The van der Waals surface area contributed by atoms with Gasteiger partial charge >= 0.3 is 6.16 Å². The van der Waals surface area contributed by atoms with Crippen LogP contribution in [0.15, 0.2) is 36.5 Å². The molecule has 90 valence electrons. The lowest BCUT2D eigenvalue weighted by atomic mass is 10.1. The third-order valence-electron chi connectivity index (χ3n) is 2.13. The summed E-state index contributed by atoms with van der Waals surface area (Å²) in [5, 5.41) is 0. The van der Waals surface area contributed by atoms with Crippen molar-refractivity contribution in [1.29, 1.82) is 0 Å². The maximum absolute atomic E-state index is 11.7. The van der Waals surface area contributed by atoms with Gasteiger partial charge in [0.05, 0.1) is 18.3 Å². The average molecular weight is 237 g/mol. The van der Waals surface area contributed by atoms with Crippen molar-refractivity contribution in [2.75, 3.05) is 13.8 Å². The number of amides is 2. The van der Waals surface area contributed by atoms with Crippen molar-refractivity contribution in [3.8, 4) is 0 Å². The number of hydrogen-bond acceptors (Lipinski definition) is 5. The molecule has 0 aromatic carbocycles. The van der Waals surface area contributed by atoms with E-state index in [2.05, 4.69) is 22.6 Å². The lowest BCUT2D eigenvalue weighted by Gasteiger charge is -2.13. The largest absolute Gasteiger partial charge is 0.509 e. The summed E-state index contributed by atoms with van der Waals surface area (Å²) < 4.78 is 8.75. The fourth-order valence-electron chi connectivity index (χ4n) is 1.30. The second-order valence-electron chi connectivity index (χ2n) is 3.00. The first-order chi connectivity index (χ1) is 8.06. The van der Waals surface area contributed by atoms with Crippen LogP contribution in [0.25, 0.3) is 0 Å². The summed E-state index contributed by atoms with van der Waals surface area (Å²) in [6.07, 6.45) is 1.54. The number of hydrogen-bond donors (Lipinski definition) is 0. The maximum Gasteiger partial charge on any atom is 0.509 e. The molecule has 0 radical (unpaired) electrons. The Hall–Kier alpha value is -2.37. The molecule has 1 rings (SSSR count). The van der Waals surface area contributed by atoms with Crippen LogP contribution in [0.2, 0.25) is 0 Å². The molecule has 1 aliphatic heterocycles. The highest BCUT2D eigenvalue weighted by Crippen LogP contribution is 2.22. The second-order valence-corrected chi connectivity index (χ2v) is 3.00. The van der Waals surface area contributed by atoms with Crippen LogP contribution >= 0.6 is 0 Å². The van der Waals surface area contributed by atoms with Crippen LogP contribution in [0, 0.1) is 0 Å². The lowest BCUT2D eigenvalue weighted by molar-refractivity contribution is -0.141. The third kappa shape index (κ3) is 2.25. The number of carbonyl (C=O) groups is 3. The van der Waals surface area contributed by atoms with E-state index in [4.69, 9.17) is 0 Å². The first-order valence-corrected chi connectivity index (χ1v) is 4.62. The second kappa shape index (κ2) is 5.11. The zero-order valence-electron chi connectivity index (χ0n) is 9.26. The van der Waals surface area contributed by atoms with E-state index in [0.717, 1.165) is 12.0 Å². The maximum atomic E-state index is 11.7. The fourth-order valence-corrected chi connectivity index (χ4v) is 1.30. The molecule has 6 heteroatoms. The smallest absolute Gasteiger partial charge is 0.438 e. The molecular formula is C11H11NO5. The molecule has 17 heavy (non-hydrogen) atoms. The molecule has 0 unspecified atom stereocenters. The van der Waals surface area contributed by atoms with Gasteiger partial charge in [-0.3, -0.25) is 9.59 Å². The Balaban J connectivity index is 2.84.